The lowest BCUT2D eigenvalue weighted by Crippen LogP contribution is -2.55. The molecule has 0 spiro atoms. The van der Waals surface area contributed by atoms with Crippen LogP contribution in [-0.4, -0.2) is 94.4 Å². The number of pyridine rings is 1. The molecule has 0 amide bonds. The number of rotatable bonds is 12. The first-order valence-electron chi connectivity index (χ1n) is 18.6. The average Bonchev–Trinajstić information content (AvgIpc) is 3.81. The number of piperazine rings is 1. The second-order valence-electron chi connectivity index (χ2n) is 14.2. The average molecular weight is 736 g/mol. The topological polar surface area (TPSA) is 140 Å². The van der Waals surface area contributed by atoms with Crippen molar-refractivity contribution in [3.8, 4) is 17.3 Å². The lowest BCUT2D eigenvalue weighted by atomic mass is 9.93. The largest absolute Gasteiger partial charge is 0.392 e. The van der Waals surface area contributed by atoms with Crippen molar-refractivity contribution in [1.29, 1.82) is 5.26 Å². The summed E-state index contributed by atoms with van der Waals surface area (Å²) in [4.78, 5) is 21.3. The van der Waals surface area contributed by atoms with E-state index in [1.165, 1.54) is 0 Å². The van der Waals surface area contributed by atoms with Gasteiger partial charge in [0.15, 0.2) is 11.6 Å². The summed E-state index contributed by atoms with van der Waals surface area (Å²) in [7, 11) is 4.19. The summed E-state index contributed by atoms with van der Waals surface area (Å²) in [5.74, 6) is -0.213. The molecule has 0 saturated carbocycles. The van der Waals surface area contributed by atoms with Crippen LogP contribution in [0, 0.1) is 23.0 Å². The Hall–Kier alpha value is -3.74. The minimum Gasteiger partial charge on any atom is -0.392 e. The zero-order valence-electron chi connectivity index (χ0n) is 31.1. The van der Waals surface area contributed by atoms with E-state index in [4.69, 9.17) is 20.4 Å². The Morgan fingerprint density at radius 3 is 2.50 bits per heavy atom. The second-order valence-corrected chi connectivity index (χ2v) is 15.2. The Kier molecular flexibility index (Phi) is 11.8. The van der Waals surface area contributed by atoms with Crippen LogP contribution in [0.25, 0.3) is 32.2 Å². The summed E-state index contributed by atoms with van der Waals surface area (Å²) in [6, 6.07) is 2.74. The Morgan fingerprint density at radius 2 is 1.85 bits per heavy atom. The number of nitrogens with zero attached hydrogens (tertiary/aromatic N) is 7. The standard InChI is InChI=1S/C36H45F2N9O2S.C2H6/c1-5-6-7-20(45(3)4)10-11-41-36-43-32-29(35(44-36)47-21-8-9-22(47)16-46(15-21)14-19(2)48)25-18-49-17-24(25)27(30(32)38)31-28-23(12-39)34(40)50-33(28)26(37)13-42-31;1-2/h13,19-22,48H,5-11,14-18,40H2,1-4H3,(H,41,43,44);1-2H3. The molecule has 2 bridgehead atoms. The van der Waals surface area contributed by atoms with Gasteiger partial charge in [0.1, 0.15) is 22.4 Å². The van der Waals surface area contributed by atoms with Crippen LogP contribution in [0.4, 0.5) is 25.5 Å². The van der Waals surface area contributed by atoms with Crippen LogP contribution in [0.15, 0.2) is 6.20 Å². The van der Waals surface area contributed by atoms with Crippen LogP contribution in [0.2, 0.25) is 0 Å². The van der Waals surface area contributed by atoms with E-state index < -0.39 is 17.7 Å². The molecule has 0 aliphatic carbocycles. The van der Waals surface area contributed by atoms with E-state index in [-0.39, 0.29) is 62.7 Å². The molecule has 52 heavy (non-hydrogen) atoms. The highest BCUT2D eigenvalue weighted by Gasteiger charge is 2.43. The summed E-state index contributed by atoms with van der Waals surface area (Å²) in [5.41, 5.74) is 8.04. The number of β-amino-alcohol motifs (C(OH)–C–C–N with tert-alkyl or cyclic N) is 1. The first-order chi connectivity index (χ1) is 25.1. The number of aliphatic hydroxyl groups excluding tert-OH is 1. The third kappa shape index (κ3) is 7.01. The molecule has 3 aliphatic rings. The third-order valence-corrected chi connectivity index (χ3v) is 11.6. The van der Waals surface area contributed by atoms with Crippen molar-refractivity contribution in [3.05, 3.63) is 34.5 Å². The number of likely N-dealkylation sites (tertiary alicyclic amines) is 1. The maximum Gasteiger partial charge on any atom is 0.225 e. The van der Waals surface area contributed by atoms with E-state index >= 15 is 8.78 Å². The zero-order chi connectivity index (χ0) is 37.3. The van der Waals surface area contributed by atoms with Gasteiger partial charge < -0.3 is 30.7 Å². The molecule has 4 atom stereocenters. The molecular weight excluding hydrogens is 685 g/mol. The number of unbranched alkanes of at least 4 members (excludes halogenated alkanes) is 1. The number of nitrogens with one attached hydrogen (secondary N) is 1. The summed E-state index contributed by atoms with van der Waals surface area (Å²) >= 11 is 0.956. The molecule has 14 heteroatoms. The van der Waals surface area contributed by atoms with E-state index in [0.717, 1.165) is 74.7 Å². The number of nitrogen functional groups attached to an aromatic ring is 1. The number of hydrogen-bond acceptors (Lipinski definition) is 12. The van der Waals surface area contributed by atoms with E-state index in [1.54, 1.807) is 0 Å². The quantitative estimate of drug-likeness (QED) is 0.144. The van der Waals surface area contributed by atoms with E-state index in [9.17, 15) is 10.4 Å². The number of benzene rings is 1. The van der Waals surface area contributed by atoms with Crippen LogP contribution < -0.4 is 16.0 Å². The fourth-order valence-electron chi connectivity index (χ4n) is 8.22. The molecule has 4 aromatic rings. The van der Waals surface area contributed by atoms with Crippen molar-refractivity contribution >= 4 is 49.1 Å². The number of nitrogens with two attached hydrogens (primary N) is 1. The Bertz CT molecular complexity index is 1950. The number of fused-ring (bicyclic) bond motifs is 6. The van der Waals surface area contributed by atoms with E-state index in [0.29, 0.717) is 41.8 Å². The number of nitriles is 1. The Balaban J connectivity index is 0.00000228. The Morgan fingerprint density at radius 1 is 1.13 bits per heavy atom. The maximum atomic E-state index is 17.4. The zero-order valence-corrected chi connectivity index (χ0v) is 31.9. The van der Waals surface area contributed by atoms with E-state index in [1.807, 2.05) is 20.8 Å². The first-order valence-corrected chi connectivity index (χ1v) is 19.4. The normalized spacial score (nSPS) is 19.5. The predicted octanol–water partition coefficient (Wildman–Crippen LogP) is 6.65. The smallest absolute Gasteiger partial charge is 0.225 e. The van der Waals surface area contributed by atoms with Crippen molar-refractivity contribution in [1.82, 2.24) is 24.8 Å². The molecule has 280 valence electrons. The number of hydrogen-bond donors (Lipinski definition) is 3. The fourth-order valence-corrected chi connectivity index (χ4v) is 9.14. The van der Waals surface area contributed by atoms with Gasteiger partial charge in [0.25, 0.3) is 0 Å². The summed E-state index contributed by atoms with van der Waals surface area (Å²) in [6.45, 7) is 11.1. The second kappa shape index (κ2) is 16.1. The molecule has 3 aromatic heterocycles. The number of ether oxygens (including phenoxy) is 1. The van der Waals surface area contributed by atoms with Crippen molar-refractivity contribution in [2.75, 3.05) is 56.2 Å². The predicted molar refractivity (Wildman–Crippen MR) is 205 cm³/mol. The Labute approximate surface area is 308 Å². The van der Waals surface area contributed by atoms with Gasteiger partial charge in [-0.1, -0.05) is 33.6 Å². The number of halogens is 2. The van der Waals surface area contributed by atoms with Crippen molar-refractivity contribution < 1.29 is 18.6 Å². The number of anilines is 3. The molecular formula is C38H51F2N9O2S. The van der Waals surface area contributed by atoms with Gasteiger partial charge in [-0.05, 0) is 57.8 Å². The molecule has 4 N–H and O–H groups in total. The van der Waals surface area contributed by atoms with Crippen LogP contribution in [0.3, 0.4) is 0 Å². The van der Waals surface area contributed by atoms with Gasteiger partial charge >= 0.3 is 0 Å². The molecule has 1 aromatic carbocycles. The van der Waals surface area contributed by atoms with Crippen LogP contribution in [-0.2, 0) is 18.0 Å². The minimum absolute atomic E-state index is 0.0788. The van der Waals surface area contributed by atoms with E-state index in [2.05, 4.69) is 52.1 Å². The minimum atomic E-state index is -0.618. The van der Waals surface area contributed by atoms with Crippen LogP contribution in [0.1, 0.15) is 82.9 Å². The molecule has 4 unspecified atom stereocenters. The lowest BCUT2D eigenvalue weighted by Gasteiger charge is -2.42. The monoisotopic (exact) mass is 735 g/mol. The van der Waals surface area contributed by atoms with Gasteiger partial charge in [0.2, 0.25) is 5.95 Å². The molecule has 3 aliphatic heterocycles. The fraction of sp³-hybridized carbons (Fsp3) is 0.579. The van der Waals surface area contributed by atoms with Gasteiger partial charge in [-0.2, -0.15) is 10.2 Å². The highest BCUT2D eigenvalue weighted by Crippen LogP contribution is 2.48. The number of aromatic nitrogens is 3. The number of aliphatic hydroxyl groups is 1. The van der Waals surface area contributed by atoms with Crippen molar-refractivity contribution in [2.45, 2.75) is 104 Å². The van der Waals surface area contributed by atoms with Gasteiger partial charge in [-0.3, -0.25) is 9.88 Å². The van der Waals surface area contributed by atoms with Gasteiger partial charge in [0.05, 0.1) is 46.9 Å². The van der Waals surface area contributed by atoms with Gasteiger partial charge in [-0.15, -0.1) is 11.3 Å². The van der Waals surface area contributed by atoms with Crippen molar-refractivity contribution in [3.63, 3.8) is 0 Å². The summed E-state index contributed by atoms with van der Waals surface area (Å²) in [5, 5.41) is 24.5. The molecule has 2 saturated heterocycles. The molecule has 2 fully saturated rings. The third-order valence-electron chi connectivity index (χ3n) is 10.5. The molecule has 7 rings (SSSR count). The van der Waals surface area contributed by atoms with Crippen LogP contribution >= 0.6 is 11.3 Å². The molecule has 6 heterocycles. The SMILES string of the molecule is CC.CCCCC(CCNc1nc(N2C3CCC2CN(CC(C)O)C3)c2c3c(c(-c4ncc(F)c5sc(N)c(C#N)c45)c(F)c2n1)COC3)N(C)C. The summed E-state index contributed by atoms with van der Waals surface area (Å²) < 4.78 is 38.6. The number of thiophene rings is 1. The van der Waals surface area contributed by atoms with Gasteiger partial charge in [0, 0.05) is 55.3 Å². The molecule has 0 radical (unpaired) electrons. The van der Waals surface area contributed by atoms with Crippen molar-refractivity contribution in [2.24, 2.45) is 0 Å². The highest BCUT2D eigenvalue weighted by atomic mass is 32.1. The van der Waals surface area contributed by atoms with Gasteiger partial charge in [-0.25, -0.2) is 13.8 Å². The lowest BCUT2D eigenvalue weighted by molar-refractivity contribution is 0.111. The highest BCUT2D eigenvalue weighted by molar-refractivity contribution is 7.23. The summed E-state index contributed by atoms with van der Waals surface area (Å²) in [6.07, 6.45) is 6.76. The maximum absolute atomic E-state index is 17.4. The first kappa shape index (κ1) is 38.0. The molecule has 11 nitrogen and oxygen atoms in total. The van der Waals surface area contributed by atoms with Crippen LogP contribution in [0.5, 0.6) is 0 Å².